The predicted octanol–water partition coefficient (Wildman–Crippen LogP) is 3.20. The van der Waals surface area contributed by atoms with E-state index in [0.29, 0.717) is 12.6 Å². The highest BCUT2D eigenvalue weighted by Gasteiger charge is 2.56. The summed E-state index contributed by atoms with van der Waals surface area (Å²) in [5.74, 6) is -1.85. The van der Waals surface area contributed by atoms with Crippen LogP contribution < -0.4 is 5.32 Å². The van der Waals surface area contributed by atoms with Crippen LogP contribution in [0.3, 0.4) is 0 Å². The molecule has 2 fully saturated rings. The molecule has 2 aliphatic rings. The average Bonchev–Trinajstić information content (AvgIpc) is 2.84. The quantitative estimate of drug-likeness (QED) is 0.762. The van der Waals surface area contributed by atoms with Crippen molar-refractivity contribution in [3.05, 3.63) is 0 Å². The fourth-order valence-corrected chi connectivity index (χ4v) is 2.57. The molecule has 0 aromatic rings. The minimum absolute atomic E-state index is 0.101. The molecule has 0 saturated heterocycles. The first kappa shape index (κ1) is 11.3. The normalized spacial score (nSPS) is 39.0. The fraction of sp³-hybridized carbons (Fsp3) is 1.00. The summed E-state index contributed by atoms with van der Waals surface area (Å²) >= 11 is 0. The first-order chi connectivity index (χ1) is 7.12. The first-order valence-electron chi connectivity index (χ1n) is 6.23. The number of hydrogen-bond acceptors (Lipinski definition) is 1. The van der Waals surface area contributed by atoms with E-state index in [4.69, 9.17) is 0 Å². The van der Waals surface area contributed by atoms with E-state index in [2.05, 4.69) is 12.2 Å². The third-order valence-corrected chi connectivity index (χ3v) is 4.03. The smallest absolute Gasteiger partial charge is 0.252 e. The summed E-state index contributed by atoms with van der Waals surface area (Å²) < 4.78 is 25.3. The molecule has 1 atom stereocenters. The minimum atomic E-state index is -2.35. The zero-order chi connectivity index (χ0) is 10.9. The summed E-state index contributed by atoms with van der Waals surface area (Å²) in [6.07, 6.45) is 6.27. The Morgan fingerprint density at radius 1 is 1.20 bits per heavy atom. The second kappa shape index (κ2) is 4.36. The lowest BCUT2D eigenvalue weighted by atomic mass is 9.84. The minimum Gasteiger partial charge on any atom is -0.313 e. The molecule has 0 aliphatic heterocycles. The molecule has 1 N–H and O–H groups in total. The van der Waals surface area contributed by atoms with Gasteiger partial charge in [0, 0.05) is 24.9 Å². The van der Waals surface area contributed by atoms with Crippen molar-refractivity contribution in [3.8, 4) is 0 Å². The van der Waals surface area contributed by atoms with Crippen molar-refractivity contribution >= 4 is 0 Å². The maximum Gasteiger partial charge on any atom is 0.252 e. The molecule has 2 rings (SSSR count). The van der Waals surface area contributed by atoms with E-state index in [1.807, 2.05) is 0 Å². The number of alkyl halides is 2. The lowest BCUT2D eigenvalue weighted by Gasteiger charge is -2.28. The highest BCUT2D eigenvalue weighted by atomic mass is 19.3. The second-order valence-electron chi connectivity index (χ2n) is 5.20. The van der Waals surface area contributed by atoms with Crippen LogP contribution in [0.2, 0.25) is 0 Å². The maximum absolute atomic E-state index is 12.6. The van der Waals surface area contributed by atoms with Crippen molar-refractivity contribution in [2.75, 3.05) is 6.54 Å². The van der Waals surface area contributed by atoms with Crippen LogP contribution in [-0.2, 0) is 0 Å². The molecule has 2 aliphatic carbocycles. The molecule has 2 saturated carbocycles. The second-order valence-corrected chi connectivity index (χ2v) is 5.20. The predicted molar refractivity (Wildman–Crippen MR) is 57.1 cm³/mol. The van der Waals surface area contributed by atoms with Crippen LogP contribution >= 0.6 is 0 Å². The number of halogens is 2. The Morgan fingerprint density at radius 2 is 1.80 bits per heavy atom. The SMILES string of the molecule is CCC1CCC(NCC2CC2(F)F)CC1. The van der Waals surface area contributed by atoms with Gasteiger partial charge in [0.2, 0.25) is 0 Å². The van der Waals surface area contributed by atoms with Gasteiger partial charge in [-0.25, -0.2) is 8.78 Å². The van der Waals surface area contributed by atoms with E-state index in [1.54, 1.807) is 0 Å². The summed E-state index contributed by atoms with van der Waals surface area (Å²) in [7, 11) is 0. The molecular weight excluding hydrogens is 196 g/mol. The van der Waals surface area contributed by atoms with E-state index in [9.17, 15) is 8.78 Å². The van der Waals surface area contributed by atoms with Crippen LogP contribution in [0, 0.1) is 11.8 Å². The fourth-order valence-electron chi connectivity index (χ4n) is 2.57. The highest BCUT2D eigenvalue weighted by Crippen LogP contribution is 2.48. The summed E-state index contributed by atoms with van der Waals surface area (Å²) in [4.78, 5) is 0. The van der Waals surface area contributed by atoms with Crippen molar-refractivity contribution in [3.63, 3.8) is 0 Å². The van der Waals surface area contributed by atoms with Gasteiger partial charge in [-0.2, -0.15) is 0 Å². The lowest BCUT2D eigenvalue weighted by molar-refractivity contribution is 0.0973. The first-order valence-corrected chi connectivity index (χ1v) is 6.23. The van der Waals surface area contributed by atoms with Gasteiger partial charge in [-0.1, -0.05) is 13.3 Å². The summed E-state index contributed by atoms with van der Waals surface area (Å²) in [5, 5.41) is 3.30. The third-order valence-electron chi connectivity index (χ3n) is 4.03. The Kier molecular flexibility index (Phi) is 3.29. The van der Waals surface area contributed by atoms with Crippen LogP contribution in [0.4, 0.5) is 8.78 Å². The molecule has 0 spiro atoms. The van der Waals surface area contributed by atoms with Crippen LogP contribution in [0.15, 0.2) is 0 Å². The molecular formula is C12H21F2N. The molecule has 88 valence electrons. The van der Waals surface area contributed by atoms with Crippen LogP contribution in [0.5, 0.6) is 0 Å². The van der Waals surface area contributed by atoms with E-state index >= 15 is 0 Å². The Labute approximate surface area is 90.6 Å². The molecule has 0 amide bonds. The van der Waals surface area contributed by atoms with Crippen molar-refractivity contribution in [1.29, 1.82) is 0 Å². The largest absolute Gasteiger partial charge is 0.313 e. The summed E-state index contributed by atoms with van der Waals surface area (Å²) in [5.41, 5.74) is 0. The molecule has 3 heteroatoms. The van der Waals surface area contributed by atoms with E-state index < -0.39 is 5.92 Å². The van der Waals surface area contributed by atoms with Gasteiger partial charge in [-0.15, -0.1) is 0 Å². The molecule has 0 heterocycles. The van der Waals surface area contributed by atoms with E-state index in [1.165, 1.54) is 32.1 Å². The molecule has 1 unspecified atom stereocenters. The van der Waals surface area contributed by atoms with Gasteiger partial charge in [0.1, 0.15) is 0 Å². The van der Waals surface area contributed by atoms with Crippen LogP contribution in [-0.4, -0.2) is 18.5 Å². The van der Waals surface area contributed by atoms with Gasteiger partial charge >= 0.3 is 0 Å². The maximum atomic E-state index is 12.6. The van der Waals surface area contributed by atoms with Crippen LogP contribution in [0.1, 0.15) is 45.4 Å². The van der Waals surface area contributed by atoms with Gasteiger partial charge < -0.3 is 5.32 Å². The topological polar surface area (TPSA) is 12.0 Å². The Morgan fingerprint density at radius 3 is 2.27 bits per heavy atom. The van der Waals surface area contributed by atoms with Crippen molar-refractivity contribution in [2.24, 2.45) is 11.8 Å². The zero-order valence-corrected chi connectivity index (χ0v) is 9.44. The number of nitrogens with one attached hydrogen (secondary N) is 1. The van der Waals surface area contributed by atoms with E-state index in [0.717, 1.165) is 5.92 Å². The Bertz CT molecular complexity index is 210. The lowest BCUT2D eigenvalue weighted by Crippen LogP contribution is -2.35. The van der Waals surface area contributed by atoms with Crippen molar-refractivity contribution in [1.82, 2.24) is 5.32 Å². The van der Waals surface area contributed by atoms with Gasteiger partial charge in [-0.05, 0) is 31.6 Å². The number of rotatable bonds is 4. The summed E-state index contributed by atoms with van der Waals surface area (Å²) in [6.45, 7) is 2.76. The van der Waals surface area contributed by atoms with Crippen molar-refractivity contribution in [2.45, 2.75) is 57.4 Å². The van der Waals surface area contributed by atoms with Gasteiger partial charge in [0.05, 0.1) is 0 Å². The van der Waals surface area contributed by atoms with Gasteiger partial charge in [-0.3, -0.25) is 0 Å². The monoisotopic (exact) mass is 217 g/mol. The molecule has 0 aromatic heterocycles. The van der Waals surface area contributed by atoms with Crippen molar-refractivity contribution < 1.29 is 8.78 Å². The average molecular weight is 217 g/mol. The molecule has 1 nitrogen and oxygen atoms in total. The van der Waals surface area contributed by atoms with Gasteiger partial charge in [0.15, 0.2) is 0 Å². The summed E-state index contributed by atoms with van der Waals surface area (Å²) in [6, 6.07) is 0.504. The molecule has 0 bridgehead atoms. The van der Waals surface area contributed by atoms with Gasteiger partial charge in [0.25, 0.3) is 5.92 Å². The number of hydrogen-bond donors (Lipinski definition) is 1. The standard InChI is InChI=1S/C12H21F2N/c1-2-9-3-5-11(6-4-9)15-8-10-7-12(10,13)14/h9-11,15H,2-8H2,1H3. The Hall–Kier alpha value is -0.180. The zero-order valence-electron chi connectivity index (χ0n) is 9.44. The molecule has 15 heavy (non-hydrogen) atoms. The third kappa shape index (κ3) is 2.90. The molecule has 0 radical (unpaired) electrons. The van der Waals surface area contributed by atoms with E-state index in [-0.39, 0.29) is 12.3 Å². The van der Waals surface area contributed by atoms with Crippen LogP contribution in [0.25, 0.3) is 0 Å². The molecule has 0 aromatic carbocycles. The Balaban J connectivity index is 1.61. The highest BCUT2D eigenvalue weighted by molar-refractivity contribution is 4.96.